The van der Waals surface area contributed by atoms with Gasteiger partial charge in [-0.2, -0.15) is 0 Å². The number of methoxy groups -OCH3 is 1. The quantitative estimate of drug-likeness (QED) is 0.589. The molecular weight excluding hydrogens is 314 g/mol. The summed E-state index contributed by atoms with van der Waals surface area (Å²) in [5.74, 6) is 1.80. The van der Waals surface area contributed by atoms with Gasteiger partial charge in [-0.05, 0) is 57.2 Å². The fourth-order valence-corrected chi connectivity index (χ4v) is 3.47. The molecule has 1 saturated heterocycles. The highest BCUT2D eigenvalue weighted by Crippen LogP contribution is 2.47. The van der Waals surface area contributed by atoms with E-state index in [0.29, 0.717) is 6.54 Å². The van der Waals surface area contributed by atoms with Gasteiger partial charge in [-0.1, -0.05) is 12.1 Å². The Kier molecular flexibility index (Phi) is 5.52. The van der Waals surface area contributed by atoms with Crippen LogP contribution in [0.4, 0.5) is 0 Å². The molecule has 2 fully saturated rings. The van der Waals surface area contributed by atoms with Crippen LogP contribution < -0.4 is 15.4 Å². The van der Waals surface area contributed by atoms with Gasteiger partial charge in [-0.25, -0.2) is 0 Å². The lowest BCUT2D eigenvalue weighted by Crippen LogP contribution is -2.42. The minimum Gasteiger partial charge on any atom is -0.497 e. The topological polar surface area (TPSA) is 54.9 Å². The van der Waals surface area contributed by atoms with E-state index in [-0.39, 0.29) is 11.0 Å². The van der Waals surface area contributed by atoms with Crippen LogP contribution in [0, 0.1) is 0 Å². The summed E-state index contributed by atoms with van der Waals surface area (Å²) in [4.78, 5) is 4.77. The van der Waals surface area contributed by atoms with Crippen LogP contribution in [0.25, 0.3) is 0 Å². The Balaban J connectivity index is 1.60. The molecule has 5 nitrogen and oxygen atoms in total. The van der Waals surface area contributed by atoms with E-state index in [1.807, 2.05) is 12.1 Å². The standard InChI is InChI=1S/C20H31N3O2/c1-4-21-18(22-14-19(2)10-5-13-25-19)23-15-20(11-12-20)16-6-8-17(24-3)9-7-16/h6-9H,4-5,10-15H2,1-3H3,(H2,21,22,23). The van der Waals surface area contributed by atoms with Crippen molar-refractivity contribution in [2.24, 2.45) is 4.99 Å². The summed E-state index contributed by atoms with van der Waals surface area (Å²) >= 11 is 0. The molecule has 5 heteroatoms. The highest BCUT2D eigenvalue weighted by molar-refractivity contribution is 5.80. The Labute approximate surface area is 151 Å². The lowest BCUT2D eigenvalue weighted by Gasteiger charge is -2.23. The molecule has 1 unspecified atom stereocenters. The highest BCUT2D eigenvalue weighted by atomic mass is 16.5. The maximum Gasteiger partial charge on any atom is 0.191 e. The Hall–Kier alpha value is -1.75. The molecule has 1 aromatic carbocycles. The van der Waals surface area contributed by atoms with Crippen LogP contribution >= 0.6 is 0 Å². The molecule has 25 heavy (non-hydrogen) atoms. The van der Waals surface area contributed by atoms with E-state index in [4.69, 9.17) is 14.5 Å². The largest absolute Gasteiger partial charge is 0.497 e. The average Bonchev–Trinajstić information content (AvgIpc) is 3.31. The van der Waals surface area contributed by atoms with Gasteiger partial charge in [0.05, 0.1) is 19.3 Å². The van der Waals surface area contributed by atoms with Gasteiger partial charge in [-0.15, -0.1) is 0 Å². The van der Waals surface area contributed by atoms with Crippen molar-refractivity contribution in [1.82, 2.24) is 10.6 Å². The second-order valence-electron chi connectivity index (χ2n) is 7.46. The lowest BCUT2D eigenvalue weighted by molar-refractivity contribution is 0.0283. The van der Waals surface area contributed by atoms with E-state index in [2.05, 4.69) is 36.6 Å². The molecule has 1 saturated carbocycles. The molecule has 1 atom stereocenters. The lowest BCUT2D eigenvalue weighted by atomic mass is 9.96. The zero-order valence-electron chi connectivity index (χ0n) is 15.7. The molecule has 0 aromatic heterocycles. The second-order valence-corrected chi connectivity index (χ2v) is 7.46. The first kappa shape index (κ1) is 18.1. The predicted molar refractivity (Wildman–Crippen MR) is 101 cm³/mol. The maximum atomic E-state index is 5.84. The van der Waals surface area contributed by atoms with Crippen molar-refractivity contribution in [1.29, 1.82) is 0 Å². The summed E-state index contributed by atoms with van der Waals surface area (Å²) in [5, 5.41) is 6.90. The van der Waals surface area contributed by atoms with E-state index in [0.717, 1.165) is 44.2 Å². The van der Waals surface area contributed by atoms with Crippen molar-refractivity contribution in [3.63, 3.8) is 0 Å². The fraction of sp³-hybridized carbons (Fsp3) is 0.650. The average molecular weight is 345 g/mol. The molecule has 2 N–H and O–H groups in total. The van der Waals surface area contributed by atoms with Crippen LogP contribution in [-0.2, 0) is 10.2 Å². The first-order valence-corrected chi connectivity index (χ1v) is 9.40. The van der Waals surface area contributed by atoms with Crippen molar-refractivity contribution < 1.29 is 9.47 Å². The summed E-state index contributed by atoms with van der Waals surface area (Å²) in [6.45, 7) is 7.59. The van der Waals surface area contributed by atoms with Crippen LogP contribution in [0.1, 0.15) is 45.1 Å². The van der Waals surface area contributed by atoms with Crippen molar-refractivity contribution in [3.8, 4) is 5.75 Å². The van der Waals surface area contributed by atoms with Crippen molar-refractivity contribution >= 4 is 5.96 Å². The Morgan fingerprint density at radius 3 is 2.52 bits per heavy atom. The maximum absolute atomic E-state index is 5.84. The van der Waals surface area contributed by atoms with Crippen molar-refractivity contribution in [2.75, 3.05) is 33.4 Å². The van der Waals surface area contributed by atoms with Crippen LogP contribution in [0.2, 0.25) is 0 Å². The van der Waals surface area contributed by atoms with Crippen LogP contribution in [0.5, 0.6) is 5.75 Å². The van der Waals surface area contributed by atoms with Gasteiger partial charge in [0.2, 0.25) is 0 Å². The number of benzene rings is 1. The summed E-state index contributed by atoms with van der Waals surface area (Å²) in [7, 11) is 1.71. The first-order valence-electron chi connectivity index (χ1n) is 9.40. The number of nitrogens with zero attached hydrogens (tertiary/aromatic N) is 1. The Morgan fingerprint density at radius 1 is 1.20 bits per heavy atom. The molecule has 0 bridgehead atoms. The molecule has 138 valence electrons. The van der Waals surface area contributed by atoms with Crippen molar-refractivity contribution in [3.05, 3.63) is 29.8 Å². The van der Waals surface area contributed by atoms with Gasteiger partial charge in [0.1, 0.15) is 5.75 Å². The van der Waals surface area contributed by atoms with E-state index < -0.39 is 0 Å². The third-order valence-corrected chi connectivity index (χ3v) is 5.37. The predicted octanol–water partition coefficient (Wildman–Crippen LogP) is 2.85. The molecule has 1 aliphatic heterocycles. The normalized spacial score (nSPS) is 24.8. The van der Waals surface area contributed by atoms with Crippen LogP contribution in [0.3, 0.4) is 0 Å². The number of hydrogen-bond acceptors (Lipinski definition) is 3. The second kappa shape index (κ2) is 7.65. The number of ether oxygens (including phenoxy) is 2. The molecule has 1 heterocycles. The number of rotatable bonds is 7. The fourth-order valence-electron chi connectivity index (χ4n) is 3.47. The SMILES string of the molecule is CCNC(=NCC1(C)CCCO1)NCC1(c2ccc(OC)cc2)CC1. The van der Waals surface area contributed by atoms with Gasteiger partial charge in [0.25, 0.3) is 0 Å². The number of aliphatic imine (C=N–C) groups is 1. The molecule has 1 aromatic rings. The number of hydrogen-bond donors (Lipinski definition) is 2. The minimum absolute atomic E-state index is 0.102. The Morgan fingerprint density at radius 2 is 1.96 bits per heavy atom. The molecule has 0 radical (unpaired) electrons. The smallest absolute Gasteiger partial charge is 0.191 e. The van der Waals surface area contributed by atoms with Gasteiger partial charge in [0.15, 0.2) is 5.96 Å². The summed E-state index contributed by atoms with van der Waals surface area (Å²) in [6, 6.07) is 8.47. The zero-order valence-corrected chi connectivity index (χ0v) is 15.7. The molecule has 0 spiro atoms. The van der Waals surface area contributed by atoms with Crippen molar-refractivity contribution in [2.45, 2.75) is 50.5 Å². The van der Waals surface area contributed by atoms with Crippen LogP contribution in [-0.4, -0.2) is 44.9 Å². The summed E-state index contributed by atoms with van der Waals surface area (Å²) in [5.41, 5.74) is 1.51. The third kappa shape index (κ3) is 4.46. The summed E-state index contributed by atoms with van der Waals surface area (Å²) in [6.07, 6.45) is 4.65. The van der Waals surface area contributed by atoms with E-state index in [1.165, 1.54) is 18.4 Å². The minimum atomic E-state index is -0.102. The third-order valence-electron chi connectivity index (χ3n) is 5.37. The first-order chi connectivity index (χ1) is 12.1. The molecule has 3 rings (SSSR count). The van der Waals surface area contributed by atoms with E-state index in [1.54, 1.807) is 7.11 Å². The van der Waals surface area contributed by atoms with Crippen LogP contribution in [0.15, 0.2) is 29.3 Å². The van der Waals surface area contributed by atoms with E-state index in [9.17, 15) is 0 Å². The Bertz CT molecular complexity index is 587. The zero-order chi connectivity index (χ0) is 17.8. The molecule has 2 aliphatic rings. The monoisotopic (exact) mass is 345 g/mol. The van der Waals surface area contributed by atoms with Gasteiger partial charge < -0.3 is 20.1 Å². The summed E-state index contributed by atoms with van der Waals surface area (Å²) < 4.78 is 11.1. The molecular formula is C20H31N3O2. The molecule has 1 aliphatic carbocycles. The number of guanidine groups is 1. The van der Waals surface area contributed by atoms with E-state index >= 15 is 0 Å². The highest BCUT2D eigenvalue weighted by Gasteiger charge is 2.44. The van der Waals surface area contributed by atoms with Gasteiger partial charge >= 0.3 is 0 Å². The number of nitrogens with one attached hydrogen (secondary N) is 2. The molecule has 0 amide bonds. The van der Waals surface area contributed by atoms with Gasteiger partial charge in [0, 0.05) is 25.1 Å². The van der Waals surface area contributed by atoms with Gasteiger partial charge in [-0.3, -0.25) is 4.99 Å².